The van der Waals surface area contributed by atoms with Crippen LogP contribution in [0, 0.1) is 11.3 Å². The van der Waals surface area contributed by atoms with Crippen molar-refractivity contribution in [2.75, 3.05) is 37.8 Å². The van der Waals surface area contributed by atoms with Crippen molar-refractivity contribution in [3.8, 4) is 11.8 Å². The van der Waals surface area contributed by atoms with Crippen LogP contribution in [-0.4, -0.2) is 50.0 Å². The third kappa shape index (κ3) is 5.77. The van der Waals surface area contributed by atoms with E-state index in [4.69, 9.17) is 14.7 Å². The quantitative estimate of drug-likeness (QED) is 0.574. The van der Waals surface area contributed by atoms with E-state index in [1.807, 2.05) is 11.4 Å². The first-order chi connectivity index (χ1) is 13.2. The van der Waals surface area contributed by atoms with E-state index in [1.165, 1.54) is 11.3 Å². The molecule has 0 unspecified atom stereocenters. The van der Waals surface area contributed by atoms with Gasteiger partial charge in [-0.3, -0.25) is 4.79 Å². The van der Waals surface area contributed by atoms with Gasteiger partial charge >= 0.3 is 0 Å². The van der Waals surface area contributed by atoms with Gasteiger partial charge in [-0.25, -0.2) is 10.4 Å². The molecule has 2 heterocycles. The van der Waals surface area contributed by atoms with Gasteiger partial charge in [0.05, 0.1) is 31.5 Å². The van der Waals surface area contributed by atoms with Crippen LogP contribution < -0.4 is 15.1 Å². The number of rotatable bonds is 7. The summed E-state index contributed by atoms with van der Waals surface area (Å²) in [6.07, 6.45) is 1.73. The Kier molecular flexibility index (Phi) is 6.73. The molecular formula is C18H19N5O3S. The van der Waals surface area contributed by atoms with Crippen LogP contribution in [0.4, 0.5) is 5.13 Å². The predicted molar refractivity (Wildman–Crippen MR) is 102 cm³/mol. The number of hydrazone groups is 1. The standard InChI is InChI=1S/C18H19N5O3S/c19-5-8-26-16-3-1-14(2-4-16)12-20-22-17(24)11-15-13-27-18(21-15)23-6-9-25-10-7-23/h1-4,12-13H,6-11H2,(H,22,24)/b20-12-. The summed E-state index contributed by atoms with van der Waals surface area (Å²) in [6.45, 7) is 3.06. The molecule has 8 nitrogen and oxygen atoms in total. The highest BCUT2D eigenvalue weighted by Crippen LogP contribution is 2.21. The number of carbonyl (C=O) groups excluding carboxylic acids is 1. The van der Waals surface area contributed by atoms with Crippen molar-refractivity contribution in [3.63, 3.8) is 0 Å². The Balaban J connectivity index is 1.46. The van der Waals surface area contributed by atoms with Gasteiger partial charge in [0.2, 0.25) is 5.91 Å². The minimum absolute atomic E-state index is 0.00731. The van der Waals surface area contributed by atoms with Gasteiger partial charge < -0.3 is 14.4 Å². The Morgan fingerprint density at radius 1 is 1.41 bits per heavy atom. The fourth-order valence-electron chi connectivity index (χ4n) is 2.43. The monoisotopic (exact) mass is 385 g/mol. The lowest BCUT2D eigenvalue weighted by atomic mass is 10.2. The smallest absolute Gasteiger partial charge is 0.246 e. The van der Waals surface area contributed by atoms with Gasteiger partial charge in [-0.1, -0.05) is 0 Å². The van der Waals surface area contributed by atoms with Crippen molar-refractivity contribution in [1.82, 2.24) is 10.4 Å². The highest BCUT2D eigenvalue weighted by molar-refractivity contribution is 7.13. The van der Waals surface area contributed by atoms with E-state index in [2.05, 4.69) is 20.4 Å². The summed E-state index contributed by atoms with van der Waals surface area (Å²) in [5.41, 5.74) is 4.04. The zero-order chi connectivity index (χ0) is 18.9. The predicted octanol–water partition coefficient (Wildman–Crippen LogP) is 1.57. The molecule has 9 heteroatoms. The van der Waals surface area contributed by atoms with Gasteiger partial charge in [-0.2, -0.15) is 10.4 Å². The van der Waals surface area contributed by atoms with Gasteiger partial charge in [0.25, 0.3) is 0 Å². The first-order valence-electron chi connectivity index (χ1n) is 8.43. The van der Waals surface area contributed by atoms with Crippen LogP contribution in [0.1, 0.15) is 11.3 Å². The number of hydrogen-bond acceptors (Lipinski definition) is 8. The summed E-state index contributed by atoms with van der Waals surface area (Å²) in [7, 11) is 0. The fraction of sp³-hybridized carbons (Fsp3) is 0.333. The second kappa shape index (κ2) is 9.66. The van der Waals surface area contributed by atoms with Crippen molar-refractivity contribution >= 4 is 28.6 Å². The number of amides is 1. The zero-order valence-electron chi connectivity index (χ0n) is 14.6. The first-order valence-corrected chi connectivity index (χ1v) is 9.31. The number of hydrogen-bond donors (Lipinski definition) is 1. The lowest BCUT2D eigenvalue weighted by Crippen LogP contribution is -2.36. The van der Waals surface area contributed by atoms with Crippen molar-refractivity contribution in [1.29, 1.82) is 5.26 Å². The average Bonchev–Trinajstić information content (AvgIpc) is 3.16. The molecule has 0 radical (unpaired) electrons. The van der Waals surface area contributed by atoms with Crippen LogP contribution in [0.3, 0.4) is 0 Å². The highest BCUT2D eigenvalue weighted by atomic mass is 32.1. The lowest BCUT2D eigenvalue weighted by Gasteiger charge is -2.26. The molecule has 1 aliphatic heterocycles. The maximum Gasteiger partial charge on any atom is 0.246 e. The second-order valence-electron chi connectivity index (χ2n) is 5.71. The SMILES string of the molecule is N#CCOc1ccc(/C=N\NC(=O)Cc2csc(N3CCOCC3)n2)cc1. The third-order valence-electron chi connectivity index (χ3n) is 3.75. The summed E-state index contributed by atoms with van der Waals surface area (Å²) in [5, 5.41) is 15.2. The summed E-state index contributed by atoms with van der Waals surface area (Å²) in [5.74, 6) is 0.386. The van der Waals surface area contributed by atoms with Crippen LogP contribution in [0.25, 0.3) is 0 Å². The maximum absolute atomic E-state index is 12.0. The molecular weight excluding hydrogens is 366 g/mol. The Morgan fingerprint density at radius 3 is 2.93 bits per heavy atom. The van der Waals surface area contributed by atoms with Gasteiger partial charge in [-0.15, -0.1) is 11.3 Å². The van der Waals surface area contributed by atoms with Gasteiger partial charge in [-0.05, 0) is 29.8 Å². The van der Waals surface area contributed by atoms with E-state index < -0.39 is 0 Å². The number of morpholine rings is 1. The molecule has 1 aromatic heterocycles. The van der Waals surface area contributed by atoms with Crippen molar-refractivity contribution < 1.29 is 14.3 Å². The van der Waals surface area contributed by atoms with E-state index in [0.29, 0.717) is 19.0 Å². The molecule has 1 amide bonds. The third-order valence-corrected chi connectivity index (χ3v) is 4.70. The molecule has 0 aliphatic carbocycles. The molecule has 140 valence electrons. The highest BCUT2D eigenvalue weighted by Gasteiger charge is 2.15. The summed E-state index contributed by atoms with van der Waals surface area (Å²) in [6, 6.07) is 8.97. The minimum Gasteiger partial charge on any atom is -0.479 e. The van der Waals surface area contributed by atoms with Crippen LogP contribution >= 0.6 is 11.3 Å². The molecule has 1 N–H and O–H groups in total. The molecule has 0 bridgehead atoms. The molecule has 0 spiro atoms. The summed E-state index contributed by atoms with van der Waals surface area (Å²) in [4.78, 5) is 18.7. The minimum atomic E-state index is -0.223. The Hall–Kier alpha value is -2.96. The largest absolute Gasteiger partial charge is 0.479 e. The topological polar surface area (TPSA) is 99.8 Å². The molecule has 0 saturated carbocycles. The summed E-state index contributed by atoms with van der Waals surface area (Å²) < 4.78 is 10.5. The number of ether oxygens (including phenoxy) is 2. The Labute approximate surface area is 161 Å². The van der Waals surface area contributed by atoms with E-state index in [9.17, 15) is 4.79 Å². The molecule has 1 aliphatic rings. The van der Waals surface area contributed by atoms with Crippen LogP contribution in [0.15, 0.2) is 34.7 Å². The average molecular weight is 385 g/mol. The molecule has 27 heavy (non-hydrogen) atoms. The van der Waals surface area contributed by atoms with Gasteiger partial charge in [0.15, 0.2) is 11.7 Å². The Morgan fingerprint density at radius 2 is 2.19 bits per heavy atom. The molecule has 1 aromatic carbocycles. The van der Waals surface area contributed by atoms with E-state index in [1.54, 1.807) is 30.5 Å². The molecule has 1 saturated heterocycles. The summed E-state index contributed by atoms with van der Waals surface area (Å²) >= 11 is 1.53. The number of thiazole rings is 1. The molecule has 3 rings (SSSR count). The van der Waals surface area contributed by atoms with Crippen molar-refractivity contribution in [2.24, 2.45) is 5.10 Å². The molecule has 1 fully saturated rings. The number of benzene rings is 1. The lowest BCUT2D eigenvalue weighted by molar-refractivity contribution is -0.120. The fourth-order valence-corrected chi connectivity index (χ4v) is 3.31. The maximum atomic E-state index is 12.0. The van der Waals surface area contributed by atoms with Gasteiger partial charge in [0.1, 0.15) is 11.8 Å². The van der Waals surface area contributed by atoms with Crippen molar-refractivity contribution in [3.05, 3.63) is 40.9 Å². The number of anilines is 1. The normalized spacial score (nSPS) is 14.1. The van der Waals surface area contributed by atoms with Crippen LogP contribution in [0.5, 0.6) is 5.75 Å². The number of nitrogens with zero attached hydrogens (tertiary/aromatic N) is 4. The van der Waals surface area contributed by atoms with E-state index in [-0.39, 0.29) is 18.9 Å². The van der Waals surface area contributed by atoms with Crippen LogP contribution in [-0.2, 0) is 16.0 Å². The molecule has 2 aromatic rings. The van der Waals surface area contributed by atoms with Crippen LogP contribution in [0.2, 0.25) is 0 Å². The zero-order valence-corrected chi connectivity index (χ0v) is 15.4. The Bertz CT molecular complexity index is 822. The van der Waals surface area contributed by atoms with E-state index in [0.717, 1.165) is 29.5 Å². The molecule has 0 atom stereocenters. The number of carbonyl (C=O) groups is 1. The second-order valence-corrected chi connectivity index (χ2v) is 6.54. The van der Waals surface area contributed by atoms with Crippen molar-refractivity contribution in [2.45, 2.75) is 6.42 Å². The number of aromatic nitrogens is 1. The first kappa shape index (κ1) is 18.8. The van der Waals surface area contributed by atoms with Gasteiger partial charge in [0, 0.05) is 18.5 Å². The number of nitrogens with one attached hydrogen (secondary N) is 1. The number of nitriles is 1. The van der Waals surface area contributed by atoms with E-state index >= 15 is 0 Å².